The van der Waals surface area contributed by atoms with E-state index in [1.807, 2.05) is 37.4 Å². The average molecular weight is 398 g/mol. The third kappa shape index (κ3) is 2.92. The predicted molar refractivity (Wildman–Crippen MR) is 104 cm³/mol. The van der Waals surface area contributed by atoms with Crippen molar-refractivity contribution in [1.82, 2.24) is 10.4 Å². The second-order valence-electron chi connectivity index (χ2n) is 7.15. The Hall–Kier alpha value is -3.10. The lowest BCUT2D eigenvalue weighted by molar-refractivity contribution is 0.171. The number of benzene rings is 2. The fourth-order valence-electron chi connectivity index (χ4n) is 4.10. The third-order valence-corrected chi connectivity index (χ3v) is 5.58. The second-order valence-corrected chi connectivity index (χ2v) is 7.15. The van der Waals surface area contributed by atoms with Crippen LogP contribution in [0.2, 0.25) is 0 Å². The quantitative estimate of drug-likeness (QED) is 0.761. The molecule has 29 heavy (non-hydrogen) atoms. The van der Waals surface area contributed by atoms with Crippen molar-refractivity contribution in [2.45, 2.75) is 12.5 Å². The molecule has 0 amide bonds. The molecule has 5 rings (SSSR count). The highest BCUT2D eigenvalue weighted by Crippen LogP contribution is 2.50. The van der Waals surface area contributed by atoms with Crippen LogP contribution in [0, 0.1) is 0 Å². The number of hydrogen-bond acceptors (Lipinski definition) is 8. The number of fused-ring (bicyclic) bond motifs is 3. The predicted octanol–water partition coefficient (Wildman–Crippen LogP) is 2.70. The molecule has 2 N–H and O–H groups in total. The first-order chi connectivity index (χ1) is 14.2. The fraction of sp³-hybridized carbons (Fsp3) is 0.333. The van der Waals surface area contributed by atoms with Gasteiger partial charge in [0.25, 0.3) is 0 Å². The largest absolute Gasteiger partial charge is 0.492 e. The van der Waals surface area contributed by atoms with Crippen LogP contribution in [0.25, 0.3) is 5.70 Å². The molecule has 0 aliphatic carbocycles. The molecule has 8 heteroatoms. The Bertz CT molecular complexity index is 990. The Labute approximate surface area is 168 Å². The van der Waals surface area contributed by atoms with Crippen molar-refractivity contribution in [2.24, 2.45) is 0 Å². The van der Waals surface area contributed by atoms with Crippen LogP contribution in [0.1, 0.15) is 22.7 Å². The summed E-state index contributed by atoms with van der Waals surface area (Å²) in [5.74, 6) is 3.36. The molecule has 0 saturated heterocycles. The average Bonchev–Trinajstić information content (AvgIpc) is 3.40. The highest BCUT2D eigenvalue weighted by Gasteiger charge is 2.33. The lowest BCUT2D eigenvalue weighted by atomic mass is 9.90. The molecule has 152 valence electrons. The molecular formula is C21H22N2O6. The van der Waals surface area contributed by atoms with E-state index in [2.05, 4.69) is 10.4 Å². The lowest BCUT2D eigenvalue weighted by Crippen LogP contribution is -2.32. The summed E-state index contributed by atoms with van der Waals surface area (Å²) in [6.45, 7) is 1.25. The van der Waals surface area contributed by atoms with Crippen molar-refractivity contribution in [3.8, 4) is 28.7 Å². The molecule has 0 saturated carbocycles. The van der Waals surface area contributed by atoms with Gasteiger partial charge in [-0.1, -0.05) is 0 Å². The van der Waals surface area contributed by atoms with Gasteiger partial charge in [0.2, 0.25) is 19.3 Å². The van der Waals surface area contributed by atoms with Gasteiger partial charge in [-0.15, -0.1) is 0 Å². The molecule has 3 aliphatic heterocycles. The van der Waals surface area contributed by atoms with Crippen LogP contribution in [-0.2, 0) is 6.42 Å². The number of rotatable bonds is 4. The molecular weight excluding hydrogens is 376 g/mol. The summed E-state index contributed by atoms with van der Waals surface area (Å²) < 4.78 is 27.8. The minimum Gasteiger partial charge on any atom is -0.492 e. The van der Waals surface area contributed by atoms with Gasteiger partial charge in [0.1, 0.15) is 0 Å². The van der Waals surface area contributed by atoms with Gasteiger partial charge in [0, 0.05) is 17.7 Å². The van der Waals surface area contributed by atoms with Gasteiger partial charge in [-0.3, -0.25) is 15.6 Å². The van der Waals surface area contributed by atoms with Crippen molar-refractivity contribution in [1.29, 1.82) is 0 Å². The van der Waals surface area contributed by atoms with Crippen molar-refractivity contribution < 1.29 is 28.9 Å². The molecule has 8 nitrogen and oxygen atoms in total. The molecule has 0 fully saturated rings. The molecule has 0 radical (unpaired) electrons. The van der Waals surface area contributed by atoms with Gasteiger partial charge in [-0.2, -0.15) is 0 Å². The van der Waals surface area contributed by atoms with Gasteiger partial charge < -0.3 is 23.7 Å². The van der Waals surface area contributed by atoms with Crippen LogP contribution in [0.3, 0.4) is 0 Å². The van der Waals surface area contributed by atoms with Gasteiger partial charge in [0.05, 0.1) is 18.8 Å². The summed E-state index contributed by atoms with van der Waals surface area (Å²) in [7, 11) is 3.68. The maximum atomic E-state index is 9.89. The van der Waals surface area contributed by atoms with Gasteiger partial charge in [0.15, 0.2) is 23.0 Å². The number of hydroxylamine groups is 1. The Kier molecular flexibility index (Phi) is 4.37. The molecule has 0 spiro atoms. The molecule has 3 aliphatic rings. The minimum absolute atomic E-state index is 0.136. The van der Waals surface area contributed by atoms with Crippen molar-refractivity contribution >= 4 is 5.70 Å². The van der Waals surface area contributed by atoms with Crippen molar-refractivity contribution in [3.05, 3.63) is 47.0 Å². The molecule has 2 aromatic carbocycles. The molecule has 3 heterocycles. The zero-order chi connectivity index (χ0) is 20.0. The van der Waals surface area contributed by atoms with Gasteiger partial charge in [-0.05, 0) is 49.4 Å². The Balaban J connectivity index is 1.61. The number of hydrogen-bond donors (Lipinski definition) is 2. The molecule has 0 unspecified atom stereocenters. The SMILES string of the molecule is COc1c2c(cc3c1[C@H](/C=C(/NO)c1ccc4c(c1)OCO4)N(C)CC3)OCO2. The Morgan fingerprint density at radius 2 is 1.93 bits per heavy atom. The third-order valence-electron chi connectivity index (χ3n) is 5.58. The van der Waals surface area contributed by atoms with Crippen LogP contribution < -0.4 is 29.2 Å². The highest BCUT2D eigenvalue weighted by atomic mass is 16.7. The van der Waals surface area contributed by atoms with E-state index in [0.29, 0.717) is 34.4 Å². The number of nitrogens with one attached hydrogen (secondary N) is 1. The maximum Gasteiger partial charge on any atom is 0.231 e. The van der Waals surface area contributed by atoms with Crippen LogP contribution in [0.15, 0.2) is 30.3 Å². The fourth-order valence-corrected chi connectivity index (χ4v) is 4.10. The van der Waals surface area contributed by atoms with Crippen LogP contribution in [0.4, 0.5) is 0 Å². The minimum atomic E-state index is -0.136. The Morgan fingerprint density at radius 3 is 2.76 bits per heavy atom. The first-order valence-corrected chi connectivity index (χ1v) is 9.41. The number of methoxy groups -OCH3 is 1. The van der Waals surface area contributed by atoms with E-state index >= 15 is 0 Å². The first-order valence-electron chi connectivity index (χ1n) is 9.41. The van der Waals surface area contributed by atoms with E-state index in [-0.39, 0.29) is 19.6 Å². The maximum absolute atomic E-state index is 9.89. The van der Waals surface area contributed by atoms with Crippen LogP contribution in [0.5, 0.6) is 28.7 Å². The van der Waals surface area contributed by atoms with Crippen LogP contribution >= 0.6 is 0 Å². The van der Waals surface area contributed by atoms with E-state index in [0.717, 1.165) is 29.7 Å². The molecule has 1 atom stereocenters. The summed E-state index contributed by atoms with van der Waals surface area (Å²) in [4.78, 5) is 2.21. The Morgan fingerprint density at radius 1 is 1.14 bits per heavy atom. The molecule has 0 aromatic heterocycles. The van der Waals surface area contributed by atoms with E-state index in [9.17, 15) is 5.21 Å². The van der Waals surface area contributed by atoms with Crippen molar-refractivity contribution in [3.63, 3.8) is 0 Å². The summed E-state index contributed by atoms with van der Waals surface area (Å²) in [5, 5.41) is 9.89. The van der Waals surface area contributed by atoms with E-state index in [1.54, 1.807) is 7.11 Å². The highest BCUT2D eigenvalue weighted by molar-refractivity contribution is 5.69. The number of ether oxygens (including phenoxy) is 5. The molecule has 2 aromatic rings. The monoisotopic (exact) mass is 398 g/mol. The van der Waals surface area contributed by atoms with E-state index < -0.39 is 0 Å². The van der Waals surface area contributed by atoms with Gasteiger partial charge in [-0.25, -0.2) is 0 Å². The summed E-state index contributed by atoms with van der Waals surface area (Å²) >= 11 is 0. The summed E-state index contributed by atoms with van der Waals surface area (Å²) in [6, 6.07) is 7.45. The number of likely N-dealkylation sites (N-methyl/N-ethyl adjacent to an activating group) is 1. The summed E-state index contributed by atoms with van der Waals surface area (Å²) in [5.41, 5.74) is 5.85. The topological polar surface area (TPSA) is 81.7 Å². The first kappa shape index (κ1) is 18.0. The molecule has 0 bridgehead atoms. The summed E-state index contributed by atoms with van der Waals surface area (Å²) in [6.07, 6.45) is 2.84. The zero-order valence-electron chi connectivity index (χ0n) is 16.2. The van der Waals surface area contributed by atoms with E-state index in [4.69, 9.17) is 23.7 Å². The van der Waals surface area contributed by atoms with E-state index in [1.165, 1.54) is 0 Å². The smallest absolute Gasteiger partial charge is 0.231 e. The van der Waals surface area contributed by atoms with Crippen LogP contribution in [-0.4, -0.2) is 44.4 Å². The zero-order valence-corrected chi connectivity index (χ0v) is 16.2. The second kappa shape index (κ2) is 7.06. The van der Waals surface area contributed by atoms with Crippen molar-refractivity contribution in [2.75, 3.05) is 34.3 Å². The standard InChI is InChI=1S/C21H22N2O6/c1-23-6-5-13-8-18-20(29-11-28-18)21(25-2)19(13)15(23)9-14(22-24)12-3-4-16-17(7-12)27-10-26-16/h3-4,7-9,15,22,24H,5-6,10-11H2,1-2H3/b14-9+/t15-/m0/s1. The van der Waals surface area contributed by atoms with Gasteiger partial charge >= 0.3 is 0 Å². The number of nitrogens with zero attached hydrogens (tertiary/aromatic N) is 1. The normalized spacial score (nSPS) is 19.8. The lowest BCUT2D eigenvalue weighted by Gasteiger charge is -2.34.